The molecule has 1 aliphatic rings. The lowest BCUT2D eigenvalue weighted by atomic mass is 9.76. The maximum absolute atomic E-state index is 6.37. The van der Waals surface area contributed by atoms with Crippen LogP contribution >= 0.6 is 0 Å². The summed E-state index contributed by atoms with van der Waals surface area (Å²) in [6.45, 7) is 15.4. The highest BCUT2D eigenvalue weighted by atomic mass is 28.3. The Kier molecular flexibility index (Phi) is 6.54. The monoisotopic (exact) mass is 426 g/mol. The second kappa shape index (κ2) is 8.50. The summed E-state index contributed by atoms with van der Waals surface area (Å²) in [7, 11) is -0.335. The first-order valence-electron chi connectivity index (χ1n) is 10.7. The lowest BCUT2D eigenvalue weighted by Gasteiger charge is -2.36. The topological polar surface area (TPSA) is 36.9 Å². The Morgan fingerprint density at radius 3 is 1.77 bits per heavy atom. The third-order valence-corrected chi connectivity index (χ3v) is 8.82. The smallest absolute Gasteiger partial charge is 0.457 e. The molecule has 0 radical (unpaired) electrons. The highest BCUT2D eigenvalue weighted by Crippen LogP contribution is 2.42. The molecule has 0 spiro atoms. The summed E-state index contributed by atoms with van der Waals surface area (Å²) in [6, 6.07) is 18.0. The van der Waals surface area contributed by atoms with Crippen molar-refractivity contribution in [3.8, 4) is 11.5 Å². The SMILES string of the molecule is CO[C@H](B1OC(C)(C)C(C)(C)O1)[C@H](c1ccc(Oc2ccccc2)cc1)[Si](C)(C)C. The predicted molar refractivity (Wildman–Crippen MR) is 126 cm³/mol. The maximum atomic E-state index is 6.37. The van der Waals surface area contributed by atoms with E-state index in [2.05, 4.69) is 59.5 Å². The molecule has 0 unspecified atom stereocenters. The van der Waals surface area contributed by atoms with Crippen molar-refractivity contribution >= 4 is 15.2 Å². The highest BCUT2D eigenvalue weighted by molar-refractivity contribution is 6.78. The highest BCUT2D eigenvalue weighted by Gasteiger charge is 2.57. The van der Waals surface area contributed by atoms with Gasteiger partial charge in [-0.2, -0.15) is 0 Å². The van der Waals surface area contributed by atoms with Gasteiger partial charge >= 0.3 is 7.12 Å². The van der Waals surface area contributed by atoms with E-state index in [1.54, 1.807) is 7.11 Å². The summed E-state index contributed by atoms with van der Waals surface area (Å²) in [4.78, 5) is 0. The summed E-state index contributed by atoms with van der Waals surface area (Å²) in [6.07, 6.45) is 0. The van der Waals surface area contributed by atoms with Crippen LogP contribution < -0.4 is 4.74 Å². The zero-order chi connectivity index (χ0) is 22.2. The normalized spacial score (nSPS) is 20.1. The van der Waals surface area contributed by atoms with Crippen molar-refractivity contribution in [1.29, 1.82) is 0 Å². The molecule has 0 N–H and O–H groups in total. The van der Waals surface area contributed by atoms with Crippen molar-refractivity contribution in [1.82, 2.24) is 0 Å². The number of ether oxygens (including phenoxy) is 2. The molecule has 2 aromatic rings. The molecule has 6 heteroatoms. The van der Waals surface area contributed by atoms with Gasteiger partial charge in [-0.15, -0.1) is 0 Å². The zero-order valence-electron chi connectivity index (χ0n) is 19.6. The summed E-state index contributed by atoms with van der Waals surface area (Å²) >= 11 is 0. The van der Waals surface area contributed by atoms with Gasteiger partial charge in [-0.1, -0.05) is 50.0 Å². The van der Waals surface area contributed by atoms with E-state index in [-0.39, 0.29) is 22.7 Å². The van der Waals surface area contributed by atoms with Crippen molar-refractivity contribution in [2.24, 2.45) is 0 Å². The molecule has 3 rings (SSSR count). The molecule has 0 amide bonds. The number of benzene rings is 2. The molecule has 1 heterocycles. The molecule has 2 atom stereocenters. The average Bonchev–Trinajstić information content (AvgIpc) is 2.87. The van der Waals surface area contributed by atoms with Crippen LogP contribution in [-0.4, -0.2) is 39.5 Å². The van der Waals surface area contributed by atoms with Crippen molar-refractivity contribution in [3.05, 3.63) is 60.2 Å². The number of rotatable bonds is 7. The van der Waals surface area contributed by atoms with E-state index in [0.29, 0.717) is 0 Å². The maximum Gasteiger partial charge on any atom is 0.489 e. The largest absolute Gasteiger partial charge is 0.489 e. The summed E-state index contributed by atoms with van der Waals surface area (Å²) in [5.74, 6) is 1.66. The number of methoxy groups -OCH3 is 1. The number of hydrogen-bond donors (Lipinski definition) is 0. The molecule has 2 aromatic carbocycles. The van der Waals surface area contributed by atoms with E-state index in [0.717, 1.165) is 11.5 Å². The Bertz CT molecular complexity index is 815. The fraction of sp³-hybridized carbons (Fsp3) is 0.500. The van der Waals surface area contributed by atoms with Crippen molar-refractivity contribution in [2.45, 2.75) is 70.1 Å². The van der Waals surface area contributed by atoms with Crippen LogP contribution in [0.5, 0.6) is 11.5 Å². The van der Waals surface area contributed by atoms with Crippen LogP contribution in [0.4, 0.5) is 0 Å². The predicted octanol–water partition coefficient (Wildman–Crippen LogP) is 6.09. The van der Waals surface area contributed by atoms with Crippen molar-refractivity contribution in [2.75, 3.05) is 7.11 Å². The zero-order valence-corrected chi connectivity index (χ0v) is 20.6. The van der Waals surface area contributed by atoms with E-state index >= 15 is 0 Å². The van der Waals surface area contributed by atoms with E-state index in [1.165, 1.54) is 5.56 Å². The first kappa shape index (κ1) is 23.1. The lowest BCUT2D eigenvalue weighted by molar-refractivity contribution is 0.00578. The third kappa shape index (κ3) is 4.83. The van der Waals surface area contributed by atoms with Crippen LogP contribution in [0.3, 0.4) is 0 Å². The molecule has 0 bridgehead atoms. The van der Waals surface area contributed by atoms with Gasteiger partial charge in [0.25, 0.3) is 0 Å². The van der Waals surface area contributed by atoms with E-state index in [1.807, 2.05) is 42.5 Å². The molecule has 0 aromatic heterocycles. The van der Waals surface area contributed by atoms with Crippen molar-refractivity contribution < 1.29 is 18.8 Å². The molecule has 1 saturated heterocycles. The van der Waals surface area contributed by atoms with Crippen LogP contribution in [0.2, 0.25) is 19.6 Å². The Balaban J connectivity index is 1.87. The van der Waals surface area contributed by atoms with Gasteiger partial charge in [0.1, 0.15) is 11.5 Å². The molecular weight excluding hydrogens is 391 g/mol. The molecule has 0 saturated carbocycles. The van der Waals surface area contributed by atoms with Crippen LogP contribution in [-0.2, 0) is 14.0 Å². The Morgan fingerprint density at radius 2 is 1.30 bits per heavy atom. The number of hydrogen-bond acceptors (Lipinski definition) is 4. The molecule has 4 nitrogen and oxygen atoms in total. The fourth-order valence-corrected chi connectivity index (χ4v) is 6.45. The fourth-order valence-electron chi connectivity index (χ4n) is 3.98. The Morgan fingerprint density at radius 1 is 0.800 bits per heavy atom. The van der Waals surface area contributed by atoms with Gasteiger partial charge in [-0.05, 0) is 57.5 Å². The molecule has 1 fully saturated rings. The van der Waals surface area contributed by atoms with Gasteiger partial charge in [0.2, 0.25) is 0 Å². The van der Waals surface area contributed by atoms with Gasteiger partial charge in [0.05, 0.1) is 25.3 Å². The minimum atomic E-state index is -1.69. The second-order valence-electron chi connectivity index (χ2n) is 10.2. The van der Waals surface area contributed by atoms with E-state index in [9.17, 15) is 0 Å². The molecule has 1 aliphatic heterocycles. The first-order valence-corrected chi connectivity index (χ1v) is 14.2. The Hall–Kier alpha value is -1.60. The second-order valence-corrected chi connectivity index (χ2v) is 15.5. The van der Waals surface area contributed by atoms with E-state index in [4.69, 9.17) is 18.8 Å². The van der Waals surface area contributed by atoms with Gasteiger partial charge in [-0.3, -0.25) is 0 Å². The standard InChI is InChI=1S/C24H35BO4Si/c1-23(2)24(3,4)29-25(28-23)22(26-5)21(30(6,7)8)18-14-16-20(17-15-18)27-19-12-10-9-11-13-19/h9-17,21-22H,1-8H3/t21-,22-/m0/s1. The van der Waals surface area contributed by atoms with Crippen molar-refractivity contribution in [3.63, 3.8) is 0 Å². The molecule has 30 heavy (non-hydrogen) atoms. The summed E-state index contributed by atoms with van der Waals surface area (Å²) in [5, 5.41) is 0. The number of para-hydroxylation sites is 1. The third-order valence-electron chi connectivity index (χ3n) is 6.29. The first-order chi connectivity index (χ1) is 13.9. The molecule has 0 aliphatic carbocycles. The summed E-state index contributed by atoms with van der Waals surface area (Å²) in [5.41, 5.74) is 0.677. The van der Waals surface area contributed by atoms with Crippen LogP contribution in [0.1, 0.15) is 38.8 Å². The van der Waals surface area contributed by atoms with Crippen LogP contribution in [0.25, 0.3) is 0 Å². The van der Waals surface area contributed by atoms with Gasteiger partial charge in [0, 0.05) is 12.7 Å². The molecule has 162 valence electrons. The van der Waals surface area contributed by atoms with Crippen LogP contribution in [0.15, 0.2) is 54.6 Å². The quantitative estimate of drug-likeness (QED) is 0.503. The van der Waals surface area contributed by atoms with Gasteiger partial charge < -0.3 is 18.8 Å². The van der Waals surface area contributed by atoms with E-state index < -0.39 is 15.2 Å². The van der Waals surface area contributed by atoms with Gasteiger partial charge in [0.15, 0.2) is 0 Å². The average molecular weight is 426 g/mol. The minimum Gasteiger partial charge on any atom is -0.457 e. The van der Waals surface area contributed by atoms with Crippen LogP contribution in [0, 0.1) is 0 Å². The lowest BCUT2D eigenvalue weighted by Crippen LogP contribution is -2.49. The summed E-state index contributed by atoms with van der Waals surface area (Å²) < 4.78 is 24.7. The van der Waals surface area contributed by atoms with Gasteiger partial charge in [-0.25, -0.2) is 0 Å². The Labute approximate surface area is 183 Å². The molecular formula is C24H35BO4Si. The minimum absolute atomic E-state index is 0.182.